The van der Waals surface area contributed by atoms with Crippen LogP contribution >= 0.6 is 0 Å². The summed E-state index contributed by atoms with van der Waals surface area (Å²) in [6.07, 6.45) is -1.72. The second kappa shape index (κ2) is 5.68. The minimum Gasteiger partial charge on any atom is -0.330 e. The predicted molar refractivity (Wildman–Crippen MR) is 82.8 cm³/mol. The summed E-state index contributed by atoms with van der Waals surface area (Å²) in [7, 11) is 0. The van der Waals surface area contributed by atoms with Gasteiger partial charge in [-0.3, -0.25) is 4.98 Å². The van der Waals surface area contributed by atoms with Crippen LogP contribution in [0.1, 0.15) is 19.4 Å². The highest BCUT2D eigenvalue weighted by atomic mass is 19.4. The van der Waals surface area contributed by atoms with Gasteiger partial charge in [0.2, 0.25) is 0 Å². The van der Waals surface area contributed by atoms with Gasteiger partial charge in [-0.05, 0) is 30.2 Å². The van der Waals surface area contributed by atoms with E-state index < -0.39 is 11.7 Å². The SMILES string of the molecule is CC(C)Cn1cnc2ccc(-c3ccc(C(F)(F)F)cn3)cc21. The Balaban J connectivity index is 1.99. The Morgan fingerprint density at radius 2 is 1.87 bits per heavy atom. The zero-order valence-electron chi connectivity index (χ0n) is 12.8. The van der Waals surface area contributed by atoms with Crippen LogP contribution in [0.3, 0.4) is 0 Å². The van der Waals surface area contributed by atoms with E-state index in [0.29, 0.717) is 11.6 Å². The normalized spacial score (nSPS) is 12.3. The Bertz CT molecular complexity index is 817. The molecule has 120 valence electrons. The van der Waals surface area contributed by atoms with Crippen LogP contribution in [0.2, 0.25) is 0 Å². The van der Waals surface area contributed by atoms with Crippen LogP contribution in [-0.4, -0.2) is 14.5 Å². The lowest BCUT2D eigenvalue weighted by Gasteiger charge is -2.09. The van der Waals surface area contributed by atoms with Crippen LogP contribution in [0.15, 0.2) is 42.9 Å². The first-order chi connectivity index (χ1) is 10.8. The van der Waals surface area contributed by atoms with Gasteiger partial charge in [-0.15, -0.1) is 0 Å². The highest BCUT2D eigenvalue weighted by molar-refractivity contribution is 5.81. The fraction of sp³-hybridized carbons (Fsp3) is 0.294. The van der Waals surface area contributed by atoms with E-state index in [9.17, 15) is 13.2 Å². The number of pyridine rings is 1. The average Bonchev–Trinajstić information content (AvgIpc) is 2.88. The quantitative estimate of drug-likeness (QED) is 0.696. The third kappa shape index (κ3) is 3.21. The second-order valence-corrected chi connectivity index (χ2v) is 5.92. The molecule has 0 saturated carbocycles. The molecule has 0 radical (unpaired) electrons. The molecule has 2 heterocycles. The molecule has 23 heavy (non-hydrogen) atoms. The Kier molecular flexibility index (Phi) is 3.83. The number of benzene rings is 1. The van der Waals surface area contributed by atoms with Crippen molar-refractivity contribution in [2.24, 2.45) is 5.92 Å². The Morgan fingerprint density at radius 1 is 1.09 bits per heavy atom. The molecule has 3 aromatic rings. The number of nitrogens with zero attached hydrogens (tertiary/aromatic N) is 3. The number of hydrogen-bond donors (Lipinski definition) is 0. The van der Waals surface area contributed by atoms with Gasteiger partial charge >= 0.3 is 6.18 Å². The summed E-state index contributed by atoms with van der Waals surface area (Å²) in [4.78, 5) is 8.29. The predicted octanol–water partition coefficient (Wildman–Crippen LogP) is 4.77. The van der Waals surface area contributed by atoms with E-state index in [1.165, 1.54) is 6.07 Å². The molecule has 0 aliphatic rings. The Hall–Kier alpha value is -2.37. The largest absolute Gasteiger partial charge is 0.417 e. The van der Waals surface area contributed by atoms with Crippen molar-refractivity contribution in [2.75, 3.05) is 0 Å². The molecule has 3 rings (SSSR count). The molecule has 0 fully saturated rings. The average molecular weight is 319 g/mol. The lowest BCUT2D eigenvalue weighted by molar-refractivity contribution is -0.137. The molecule has 0 spiro atoms. The molecular formula is C17H16F3N3. The van der Waals surface area contributed by atoms with Crippen molar-refractivity contribution < 1.29 is 13.2 Å². The minimum atomic E-state index is -4.37. The molecule has 0 N–H and O–H groups in total. The standard InChI is InChI=1S/C17H16F3N3/c1-11(2)9-23-10-22-15-5-3-12(7-16(15)23)14-6-4-13(8-21-14)17(18,19)20/h3-8,10-11H,9H2,1-2H3. The molecule has 0 atom stereocenters. The van der Waals surface area contributed by atoms with Crippen molar-refractivity contribution in [2.45, 2.75) is 26.6 Å². The number of alkyl halides is 3. The van der Waals surface area contributed by atoms with Crippen LogP contribution in [0.25, 0.3) is 22.3 Å². The molecule has 0 amide bonds. The van der Waals surface area contributed by atoms with Gasteiger partial charge in [-0.25, -0.2) is 4.98 Å². The lowest BCUT2D eigenvalue weighted by Crippen LogP contribution is -2.05. The van der Waals surface area contributed by atoms with Gasteiger partial charge in [-0.2, -0.15) is 13.2 Å². The van der Waals surface area contributed by atoms with Gasteiger partial charge in [0, 0.05) is 18.3 Å². The van der Waals surface area contributed by atoms with Gasteiger partial charge in [0.1, 0.15) is 0 Å². The lowest BCUT2D eigenvalue weighted by atomic mass is 10.1. The van der Waals surface area contributed by atoms with Crippen LogP contribution < -0.4 is 0 Å². The topological polar surface area (TPSA) is 30.7 Å². The van der Waals surface area contributed by atoms with Crippen LogP contribution in [0.4, 0.5) is 13.2 Å². The van der Waals surface area contributed by atoms with Crippen molar-refractivity contribution in [3.63, 3.8) is 0 Å². The zero-order chi connectivity index (χ0) is 16.6. The summed E-state index contributed by atoms with van der Waals surface area (Å²) in [6.45, 7) is 5.07. The first-order valence-electron chi connectivity index (χ1n) is 7.33. The summed E-state index contributed by atoms with van der Waals surface area (Å²) in [5, 5.41) is 0. The van der Waals surface area contributed by atoms with E-state index in [4.69, 9.17) is 0 Å². The third-order valence-electron chi connectivity index (χ3n) is 3.57. The maximum atomic E-state index is 12.6. The molecule has 0 bridgehead atoms. The van der Waals surface area contributed by atoms with Gasteiger partial charge in [-0.1, -0.05) is 19.9 Å². The van der Waals surface area contributed by atoms with E-state index in [0.717, 1.165) is 35.4 Å². The number of halogens is 3. The van der Waals surface area contributed by atoms with E-state index >= 15 is 0 Å². The number of hydrogen-bond acceptors (Lipinski definition) is 2. The first-order valence-corrected chi connectivity index (χ1v) is 7.33. The van der Waals surface area contributed by atoms with Gasteiger partial charge in [0.05, 0.1) is 28.6 Å². The van der Waals surface area contributed by atoms with E-state index in [-0.39, 0.29) is 0 Å². The third-order valence-corrected chi connectivity index (χ3v) is 3.57. The number of rotatable bonds is 3. The Labute approximate surface area is 131 Å². The minimum absolute atomic E-state index is 0.472. The fourth-order valence-corrected chi connectivity index (χ4v) is 2.49. The van der Waals surface area contributed by atoms with Crippen LogP contribution in [0.5, 0.6) is 0 Å². The maximum absolute atomic E-state index is 12.6. The van der Waals surface area contributed by atoms with Crippen molar-refractivity contribution in [1.82, 2.24) is 14.5 Å². The summed E-state index contributed by atoms with van der Waals surface area (Å²) in [5.41, 5.74) is 2.36. The van der Waals surface area contributed by atoms with E-state index in [2.05, 4.69) is 23.8 Å². The number of aromatic nitrogens is 3. The molecular weight excluding hydrogens is 303 g/mol. The molecule has 0 unspecified atom stereocenters. The molecule has 0 saturated heterocycles. The number of fused-ring (bicyclic) bond motifs is 1. The number of imidazole rings is 1. The highest BCUT2D eigenvalue weighted by Gasteiger charge is 2.30. The highest BCUT2D eigenvalue weighted by Crippen LogP contribution is 2.30. The van der Waals surface area contributed by atoms with Gasteiger partial charge in [0.15, 0.2) is 0 Å². The fourth-order valence-electron chi connectivity index (χ4n) is 2.49. The smallest absolute Gasteiger partial charge is 0.330 e. The molecule has 1 aromatic carbocycles. The van der Waals surface area contributed by atoms with E-state index in [1.807, 2.05) is 22.8 Å². The molecule has 6 heteroatoms. The summed E-state index contributed by atoms with van der Waals surface area (Å²) in [6, 6.07) is 8.05. The van der Waals surface area contributed by atoms with Gasteiger partial charge in [0.25, 0.3) is 0 Å². The first kappa shape index (κ1) is 15.5. The second-order valence-electron chi connectivity index (χ2n) is 5.92. The van der Waals surface area contributed by atoms with E-state index in [1.54, 1.807) is 6.33 Å². The van der Waals surface area contributed by atoms with Crippen molar-refractivity contribution in [3.8, 4) is 11.3 Å². The van der Waals surface area contributed by atoms with Crippen LogP contribution in [-0.2, 0) is 12.7 Å². The molecule has 0 aliphatic heterocycles. The van der Waals surface area contributed by atoms with Crippen molar-refractivity contribution >= 4 is 11.0 Å². The molecule has 3 nitrogen and oxygen atoms in total. The summed E-state index contributed by atoms with van der Waals surface area (Å²) >= 11 is 0. The zero-order valence-corrected chi connectivity index (χ0v) is 12.8. The van der Waals surface area contributed by atoms with Crippen molar-refractivity contribution in [1.29, 1.82) is 0 Å². The monoisotopic (exact) mass is 319 g/mol. The summed E-state index contributed by atoms with van der Waals surface area (Å²) < 4.78 is 39.9. The summed E-state index contributed by atoms with van der Waals surface area (Å²) in [5.74, 6) is 0.472. The van der Waals surface area contributed by atoms with Crippen LogP contribution in [0, 0.1) is 5.92 Å². The molecule has 2 aromatic heterocycles. The van der Waals surface area contributed by atoms with Crippen molar-refractivity contribution in [3.05, 3.63) is 48.4 Å². The molecule has 0 aliphatic carbocycles. The van der Waals surface area contributed by atoms with Gasteiger partial charge < -0.3 is 4.57 Å². The Morgan fingerprint density at radius 3 is 2.48 bits per heavy atom. The maximum Gasteiger partial charge on any atom is 0.417 e.